The Bertz CT molecular complexity index is 474. The summed E-state index contributed by atoms with van der Waals surface area (Å²) in [6.45, 7) is -0.0712. The molecule has 6 heteroatoms. The highest BCUT2D eigenvalue weighted by molar-refractivity contribution is 6.32. The van der Waals surface area contributed by atoms with E-state index in [2.05, 4.69) is 0 Å². The molecule has 1 rings (SSSR count). The number of amides is 1. The molecule has 1 aromatic carbocycles. The number of rotatable bonds is 7. The maximum atomic E-state index is 10.6. The van der Waals surface area contributed by atoms with E-state index >= 15 is 0 Å². The number of halogens is 1. The first kappa shape index (κ1) is 14.2. The molecule has 0 aliphatic rings. The minimum atomic E-state index is -0.447. The molecular weight excluding hydrogens is 256 g/mol. The Kier molecular flexibility index (Phi) is 5.32. The van der Waals surface area contributed by atoms with Gasteiger partial charge in [0.2, 0.25) is 5.91 Å². The Morgan fingerprint density at radius 1 is 1.44 bits per heavy atom. The number of carbonyl (C=O) groups is 2. The number of hydrogen-bond donors (Lipinski definition) is 2. The average Bonchev–Trinajstić information content (AvgIpc) is 2.34. The van der Waals surface area contributed by atoms with Gasteiger partial charge in [-0.3, -0.25) is 9.59 Å². The zero-order chi connectivity index (χ0) is 13.5. The summed E-state index contributed by atoms with van der Waals surface area (Å²) in [6, 6.07) is 4.79. The molecule has 0 heterocycles. The number of benzene rings is 1. The van der Waals surface area contributed by atoms with Crippen LogP contribution in [0.3, 0.4) is 0 Å². The zero-order valence-electron chi connectivity index (χ0n) is 9.61. The molecule has 0 spiro atoms. The Morgan fingerprint density at radius 3 is 2.72 bits per heavy atom. The Hall–Kier alpha value is -1.88. The Labute approximate surface area is 109 Å². The molecule has 0 saturated heterocycles. The van der Waals surface area contributed by atoms with Crippen molar-refractivity contribution in [3.63, 3.8) is 0 Å². The SMILES string of the molecule is N=C(CCC(N)=O)c1ccc(OCC=O)c(Cl)c1. The summed E-state index contributed by atoms with van der Waals surface area (Å²) in [5.74, 6) is -0.0630. The average molecular weight is 269 g/mol. The minimum absolute atomic E-state index is 0.0712. The molecule has 1 amide bonds. The van der Waals surface area contributed by atoms with Crippen LogP contribution in [-0.2, 0) is 9.59 Å². The summed E-state index contributed by atoms with van der Waals surface area (Å²) in [5, 5.41) is 8.08. The van der Waals surface area contributed by atoms with E-state index in [4.69, 9.17) is 27.5 Å². The van der Waals surface area contributed by atoms with Gasteiger partial charge in [0.1, 0.15) is 12.4 Å². The molecule has 0 bridgehead atoms. The van der Waals surface area contributed by atoms with Crippen LogP contribution in [0.4, 0.5) is 0 Å². The molecule has 0 atom stereocenters. The van der Waals surface area contributed by atoms with Crippen molar-refractivity contribution < 1.29 is 14.3 Å². The minimum Gasteiger partial charge on any atom is -0.485 e. The van der Waals surface area contributed by atoms with Crippen molar-refractivity contribution in [3.05, 3.63) is 28.8 Å². The van der Waals surface area contributed by atoms with Gasteiger partial charge in [0.25, 0.3) is 0 Å². The second-order valence-electron chi connectivity index (χ2n) is 3.57. The Morgan fingerprint density at radius 2 is 2.17 bits per heavy atom. The fourth-order valence-corrected chi connectivity index (χ4v) is 1.56. The van der Waals surface area contributed by atoms with E-state index in [0.29, 0.717) is 22.6 Å². The molecular formula is C12H13ClN2O3. The van der Waals surface area contributed by atoms with E-state index in [1.54, 1.807) is 18.2 Å². The molecule has 0 aliphatic heterocycles. The predicted octanol–water partition coefficient (Wildman–Crippen LogP) is 1.55. The maximum absolute atomic E-state index is 10.6. The number of hydrogen-bond acceptors (Lipinski definition) is 4. The van der Waals surface area contributed by atoms with Gasteiger partial charge in [-0.25, -0.2) is 0 Å². The highest BCUT2D eigenvalue weighted by atomic mass is 35.5. The van der Waals surface area contributed by atoms with Crippen LogP contribution in [0, 0.1) is 5.41 Å². The van der Waals surface area contributed by atoms with Crippen LogP contribution in [0.1, 0.15) is 18.4 Å². The van der Waals surface area contributed by atoms with Crippen LogP contribution >= 0.6 is 11.6 Å². The van der Waals surface area contributed by atoms with Crippen LogP contribution in [0.25, 0.3) is 0 Å². The second kappa shape index (κ2) is 6.76. The fraction of sp³-hybridized carbons (Fsp3) is 0.250. The summed E-state index contributed by atoms with van der Waals surface area (Å²) < 4.78 is 5.07. The van der Waals surface area contributed by atoms with Crippen LogP contribution < -0.4 is 10.5 Å². The van der Waals surface area contributed by atoms with Gasteiger partial charge in [-0.05, 0) is 30.2 Å². The van der Waals surface area contributed by atoms with Crippen LogP contribution in [-0.4, -0.2) is 24.5 Å². The van der Waals surface area contributed by atoms with Crippen LogP contribution in [0.15, 0.2) is 18.2 Å². The second-order valence-corrected chi connectivity index (χ2v) is 3.97. The van der Waals surface area contributed by atoms with E-state index in [1.165, 1.54) is 0 Å². The monoisotopic (exact) mass is 268 g/mol. The molecule has 1 aromatic rings. The zero-order valence-corrected chi connectivity index (χ0v) is 10.4. The molecule has 3 N–H and O–H groups in total. The maximum Gasteiger partial charge on any atom is 0.217 e. The van der Waals surface area contributed by atoms with E-state index in [9.17, 15) is 9.59 Å². The lowest BCUT2D eigenvalue weighted by Crippen LogP contribution is -2.12. The van der Waals surface area contributed by atoms with Crippen molar-refractivity contribution in [2.24, 2.45) is 5.73 Å². The highest BCUT2D eigenvalue weighted by Crippen LogP contribution is 2.25. The van der Waals surface area contributed by atoms with Gasteiger partial charge in [0.15, 0.2) is 6.29 Å². The lowest BCUT2D eigenvalue weighted by molar-refractivity contribution is -0.117. The number of aldehydes is 1. The van der Waals surface area contributed by atoms with Crippen LogP contribution in [0.2, 0.25) is 5.02 Å². The van der Waals surface area contributed by atoms with Gasteiger partial charge in [0, 0.05) is 12.1 Å². The van der Waals surface area contributed by atoms with Crippen molar-refractivity contribution in [2.75, 3.05) is 6.61 Å². The summed E-state index contributed by atoms with van der Waals surface area (Å²) in [7, 11) is 0. The van der Waals surface area contributed by atoms with Crippen molar-refractivity contribution in [3.8, 4) is 5.75 Å². The van der Waals surface area contributed by atoms with Gasteiger partial charge >= 0.3 is 0 Å². The van der Waals surface area contributed by atoms with Crippen molar-refractivity contribution in [2.45, 2.75) is 12.8 Å². The Balaban J connectivity index is 2.73. The van der Waals surface area contributed by atoms with Gasteiger partial charge in [-0.1, -0.05) is 11.6 Å². The standard InChI is InChI=1S/C12H13ClN2O3/c13-9-7-8(10(14)2-4-12(15)17)1-3-11(9)18-6-5-16/h1,3,5,7,14H,2,4,6H2,(H2,15,17). The number of nitrogens with one attached hydrogen (secondary N) is 1. The topological polar surface area (TPSA) is 93.2 Å². The third kappa shape index (κ3) is 4.18. The highest BCUT2D eigenvalue weighted by Gasteiger charge is 2.08. The third-order valence-electron chi connectivity index (χ3n) is 2.21. The van der Waals surface area contributed by atoms with Gasteiger partial charge in [-0.15, -0.1) is 0 Å². The molecule has 96 valence electrons. The van der Waals surface area contributed by atoms with E-state index in [0.717, 1.165) is 0 Å². The van der Waals surface area contributed by atoms with Crippen LogP contribution in [0.5, 0.6) is 5.75 Å². The van der Waals surface area contributed by atoms with Crippen molar-refractivity contribution in [1.82, 2.24) is 0 Å². The van der Waals surface area contributed by atoms with Gasteiger partial charge in [0.05, 0.1) is 5.02 Å². The smallest absolute Gasteiger partial charge is 0.217 e. The number of carbonyl (C=O) groups excluding carboxylic acids is 2. The van der Waals surface area contributed by atoms with Crippen molar-refractivity contribution >= 4 is 29.5 Å². The molecule has 0 aliphatic carbocycles. The number of nitrogens with two attached hydrogens (primary N) is 1. The van der Waals surface area contributed by atoms with E-state index in [-0.39, 0.29) is 25.2 Å². The first-order chi connectivity index (χ1) is 8.54. The number of ether oxygens (including phenoxy) is 1. The summed E-state index contributed by atoms with van der Waals surface area (Å²) in [6.07, 6.45) is 1.01. The first-order valence-corrected chi connectivity index (χ1v) is 5.64. The molecule has 0 aromatic heterocycles. The molecule has 0 unspecified atom stereocenters. The molecule has 18 heavy (non-hydrogen) atoms. The first-order valence-electron chi connectivity index (χ1n) is 5.26. The lowest BCUT2D eigenvalue weighted by atomic mass is 10.1. The summed E-state index contributed by atoms with van der Waals surface area (Å²) >= 11 is 5.94. The number of primary amides is 1. The van der Waals surface area contributed by atoms with Gasteiger partial charge < -0.3 is 15.9 Å². The summed E-state index contributed by atoms with van der Waals surface area (Å²) in [5.41, 5.74) is 5.89. The normalized spacial score (nSPS) is 9.83. The molecule has 0 saturated carbocycles. The third-order valence-corrected chi connectivity index (χ3v) is 2.50. The van der Waals surface area contributed by atoms with Gasteiger partial charge in [-0.2, -0.15) is 0 Å². The predicted molar refractivity (Wildman–Crippen MR) is 68.3 cm³/mol. The summed E-state index contributed by atoms with van der Waals surface area (Å²) in [4.78, 5) is 20.8. The molecule has 0 fully saturated rings. The van der Waals surface area contributed by atoms with E-state index in [1.807, 2.05) is 0 Å². The lowest BCUT2D eigenvalue weighted by Gasteiger charge is -2.08. The quantitative estimate of drug-likeness (QED) is 0.580. The van der Waals surface area contributed by atoms with E-state index < -0.39 is 5.91 Å². The largest absolute Gasteiger partial charge is 0.485 e. The fourth-order valence-electron chi connectivity index (χ4n) is 1.32. The molecule has 5 nitrogen and oxygen atoms in total. The van der Waals surface area contributed by atoms with Crippen molar-refractivity contribution in [1.29, 1.82) is 5.41 Å². The molecule has 0 radical (unpaired) electrons.